The molecule has 0 spiro atoms. The van der Waals surface area contributed by atoms with Crippen LogP contribution in [0.3, 0.4) is 0 Å². The molecule has 0 bridgehead atoms. The van der Waals surface area contributed by atoms with Crippen LogP contribution in [0.5, 0.6) is 0 Å². The molecule has 1 aromatic heterocycles. The monoisotopic (exact) mass is 350 g/mol. The fourth-order valence-corrected chi connectivity index (χ4v) is 4.43. The Kier molecular flexibility index (Phi) is 5.50. The third kappa shape index (κ3) is 4.13. The summed E-state index contributed by atoms with van der Waals surface area (Å²) < 4.78 is 0. The van der Waals surface area contributed by atoms with E-state index in [4.69, 9.17) is 0 Å². The van der Waals surface area contributed by atoms with Gasteiger partial charge in [0.25, 0.3) is 0 Å². The van der Waals surface area contributed by atoms with E-state index < -0.39 is 0 Å². The topological polar surface area (TPSA) is 56.8 Å². The van der Waals surface area contributed by atoms with Gasteiger partial charge >= 0.3 is 0 Å². The van der Waals surface area contributed by atoms with Crippen LogP contribution < -0.4 is 0 Å². The molecule has 6 nitrogen and oxygen atoms in total. The van der Waals surface area contributed by atoms with Crippen molar-refractivity contribution in [2.24, 2.45) is 5.92 Å². The van der Waals surface area contributed by atoms with E-state index >= 15 is 0 Å². The number of nitrogens with zero attached hydrogens (tertiary/aromatic N) is 4. The van der Waals surface area contributed by atoms with Gasteiger partial charge in [-0.3, -0.25) is 9.59 Å². The van der Waals surface area contributed by atoms with Gasteiger partial charge < -0.3 is 14.7 Å². The number of aromatic nitrogens is 1. The molecule has 3 heterocycles. The second-order valence-electron chi connectivity index (χ2n) is 6.97. The van der Waals surface area contributed by atoms with Crippen LogP contribution in [0.2, 0.25) is 0 Å². The molecule has 2 aliphatic heterocycles. The van der Waals surface area contributed by atoms with Crippen molar-refractivity contribution >= 4 is 23.2 Å². The predicted molar refractivity (Wildman–Crippen MR) is 93.7 cm³/mol. The second kappa shape index (κ2) is 7.61. The fraction of sp³-hybridized carbons (Fsp3) is 0.706. The summed E-state index contributed by atoms with van der Waals surface area (Å²) in [5.74, 6) is 0.744. The molecule has 2 aliphatic rings. The van der Waals surface area contributed by atoms with Crippen LogP contribution in [-0.2, 0) is 16.1 Å². The maximum absolute atomic E-state index is 12.4. The Morgan fingerprint density at radius 3 is 2.96 bits per heavy atom. The fourth-order valence-electron chi connectivity index (χ4n) is 3.57. The van der Waals surface area contributed by atoms with Gasteiger partial charge in [0, 0.05) is 44.0 Å². The molecule has 132 valence electrons. The van der Waals surface area contributed by atoms with Gasteiger partial charge in [-0.2, -0.15) is 0 Å². The standard InChI is InChI=1S/C17H26N4O2S/c1-13-15(24-12-18-13)10-19(2)8-14-5-7-21(9-14)17(23)11-20-6-3-4-16(20)22/h12,14H,3-11H2,1-2H3/t14-/m1/s1. The van der Waals surface area contributed by atoms with Crippen molar-refractivity contribution < 1.29 is 9.59 Å². The Morgan fingerprint density at radius 1 is 1.46 bits per heavy atom. The van der Waals surface area contributed by atoms with Crippen LogP contribution in [0.4, 0.5) is 0 Å². The van der Waals surface area contributed by atoms with Gasteiger partial charge in [-0.1, -0.05) is 0 Å². The molecule has 3 rings (SSSR count). The van der Waals surface area contributed by atoms with Gasteiger partial charge in [0.05, 0.1) is 17.7 Å². The summed E-state index contributed by atoms with van der Waals surface area (Å²) in [5.41, 5.74) is 3.01. The normalized spacial score (nSPS) is 21.3. The van der Waals surface area contributed by atoms with E-state index in [1.807, 2.05) is 10.4 Å². The average Bonchev–Trinajstić information content (AvgIpc) is 3.24. The first-order chi connectivity index (χ1) is 11.5. The highest BCUT2D eigenvalue weighted by atomic mass is 32.1. The SMILES string of the molecule is Cc1ncsc1CN(C)C[C@H]1CCN(C(=O)CN2CCCC2=O)C1. The Balaban J connectivity index is 1.44. The minimum absolute atomic E-state index is 0.105. The molecule has 7 heteroatoms. The first-order valence-electron chi connectivity index (χ1n) is 8.66. The molecule has 0 unspecified atom stereocenters. The molecular formula is C17H26N4O2S. The number of hydrogen-bond acceptors (Lipinski definition) is 5. The lowest BCUT2D eigenvalue weighted by molar-refractivity contribution is -0.137. The highest BCUT2D eigenvalue weighted by molar-refractivity contribution is 7.09. The number of aryl methyl sites for hydroxylation is 1. The molecule has 24 heavy (non-hydrogen) atoms. The first-order valence-corrected chi connectivity index (χ1v) is 9.54. The number of carbonyl (C=O) groups excluding carboxylic acids is 2. The number of thiazole rings is 1. The van der Waals surface area contributed by atoms with Crippen molar-refractivity contribution in [3.05, 3.63) is 16.1 Å². The maximum atomic E-state index is 12.4. The summed E-state index contributed by atoms with van der Waals surface area (Å²) in [6.07, 6.45) is 2.53. The Morgan fingerprint density at radius 2 is 2.29 bits per heavy atom. The third-order valence-corrected chi connectivity index (χ3v) is 5.88. The quantitative estimate of drug-likeness (QED) is 0.777. The number of likely N-dealkylation sites (tertiary alicyclic amines) is 2. The molecule has 2 fully saturated rings. The van der Waals surface area contributed by atoms with E-state index in [1.165, 1.54) is 4.88 Å². The molecule has 1 atom stereocenters. The second-order valence-corrected chi connectivity index (χ2v) is 7.91. The molecule has 1 aromatic rings. The highest BCUT2D eigenvalue weighted by Crippen LogP contribution is 2.20. The lowest BCUT2D eigenvalue weighted by Crippen LogP contribution is -2.40. The van der Waals surface area contributed by atoms with E-state index in [1.54, 1.807) is 16.2 Å². The van der Waals surface area contributed by atoms with Crippen molar-refractivity contribution in [3.63, 3.8) is 0 Å². The van der Waals surface area contributed by atoms with Gasteiger partial charge in [-0.25, -0.2) is 4.98 Å². The van der Waals surface area contributed by atoms with Crippen LogP contribution in [0.1, 0.15) is 29.8 Å². The van der Waals surface area contributed by atoms with Crippen molar-refractivity contribution in [1.82, 2.24) is 19.7 Å². The lowest BCUT2D eigenvalue weighted by Gasteiger charge is -2.23. The number of hydrogen-bond donors (Lipinski definition) is 0. The van der Waals surface area contributed by atoms with E-state index in [2.05, 4.69) is 23.9 Å². The van der Waals surface area contributed by atoms with Crippen LogP contribution in [0.25, 0.3) is 0 Å². The molecule has 0 radical (unpaired) electrons. The first kappa shape index (κ1) is 17.4. The summed E-state index contributed by atoms with van der Waals surface area (Å²) in [5, 5.41) is 0. The van der Waals surface area contributed by atoms with E-state index in [-0.39, 0.29) is 18.4 Å². The average molecular weight is 350 g/mol. The van der Waals surface area contributed by atoms with E-state index in [0.29, 0.717) is 12.3 Å². The Labute approximate surface area is 147 Å². The van der Waals surface area contributed by atoms with Gasteiger partial charge in [0.1, 0.15) is 0 Å². The minimum atomic E-state index is 0.105. The van der Waals surface area contributed by atoms with Gasteiger partial charge in [0.2, 0.25) is 11.8 Å². The van der Waals surface area contributed by atoms with Gasteiger partial charge in [-0.05, 0) is 32.7 Å². The summed E-state index contributed by atoms with van der Waals surface area (Å²) in [6.45, 7) is 6.59. The Hall–Kier alpha value is -1.47. The molecule has 2 saturated heterocycles. The van der Waals surface area contributed by atoms with Crippen LogP contribution in [0.15, 0.2) is 5.51 Å². The van der Waals surface area contributed by atoms with Crippen molar-refractivity contribution in [3.8, 4) is 0 Å². The Bertz CT molecular complexity index is 603. The zero-order valence-electron chi connectivity index (χ0n) is 14.5. The molecule has 0 N–H and O–H groups in total. The van der Waals surface area contributed by atoms with Gasteiger partial charge in [-0.15, -0.1) is 11.3 Å². The van der Waals surface area contributed by atoms with Crippen LogP contribution in [0, 0.1) is 12.8 Å². The summed E-state index contributed by atoms with van der Waals surface area (Å²) in [6, 6.07) is 0. The van der Waals surface area contributed by atoms with Crippen molar-refractivity contribution in [2.45, 2.75) is 32.7 Å². The molecule has 2 amide bonds. The zero-order valence-corrected chi connectivity index (χ0v) is 15.3. The van der Waals surface area contributed by atoms with Crippen molar-refractivity contribution in [1.29, 1.82) is 0 Å². The van der Waals surface area contributed by atoms with E-state index in [0.717, 1.165) is 51.3 Å². The molecular weight excluding hydrogens is 324 g/mol. The predicted octanol–water partition coefficient (Wildman–Crippen LogP) is 1.35. The van der Waals surface area contributed by atoms with Gasteiger partial charge in [0.15, 0.2) is 0 Å². The number of rotatable bonds is 6. The summed E-state index contributed by atoms with van der Waals surface area (Å²) >= 11 is 1.70. The minimum Gasteiger partial charge on any atom is -0.341 e. The number of carbonyl (C=O) groups is 2. The third-order valence-electron chi connectivity index (χ3n) is 4.96. The van der Waals surface area contributed by atoms with Crippen LogP contribution in [-0.4, -0.2) is 71.3 Å². The zero-order chi connectivity index (χ0) is 17.1. The molecule has 0 aliphatic carbocycles. The summed E-state index contributed by atoms with van der Waals surface area (Å²) in [4.78, 5) is 35.6. The maximum Gasteiger partial charge on any atom is 0.242 e. The smallest absolute Gasteiger partial charge is 0.242 e. The summed E-state index contributed by atoms with van der Waals surface area (Å²) in [7, 11) is 2.13. The highest BCUT2D eigenvalue weighted by Gasteiger charge is 2.30. The van der Waals surface area contributed by atoms with Crippen molar-refractivity contribution in [2.75, 3.05) is 39.8 Å². The molecule has 0 saturated carbocycles. The largest absolute Gasteiger partial charge is 0.341 e. The number of amides is 2. The molecule has 0 aromatic carbocycles. The lowest BCUT2D eigenvalue weighted by atomic mass is 10.1. The van der Waals surface area contributed by atoms with E-state index in [9.17, 15) is 9.59 Å². The van der Waals surface area contributed by atoms with Crippen LogP contribution >= 0.6 is 11.3 Å².